The molecule has 3 rings (SSSR count). The molecule has 0 bridgehead atoms. The lowest BCUT2D eigenvalue weighted by Gasteiger charge is -2.38. The number of hydrogen-bond donors (Lipinski definition) is 0. The van der Waals surface area contributed by atoms with Gasteiger partial charge in [0, 0.05) is 19.6 Å². The molecule has 2 saturated heterocycles. The number of nitrogens with zero attached hydrogens (tertiary/aromatic N) is 4. The largest absolute Gasteiger partial charge is 0.449 e. The fraction of sp³-hybridized carbons (Fsp3) is 0.688. The predicted molar refractivity (Wildman–Crippen MR) is 88.7 cm³/mol. The summed E-state index contributed by atoms with van der Waals surface area (Å²) < 4.78 is 5.35. The fourth-order valence-electron chi connectivity index (χ4n) is 3.45. The lowest BCUT2D eigenvalue weighted by atomic mass is 9.92. The van der Waals surface area contributed by atoms with Gasteiger partial charge in [0.25, 0.3) is 0 Å². The number of aromatic nitrogens is 2. The SMILES string of the molecule is CCCCOC(=O)N1CCC2CCN(c3ccc(Cl)nn3)C2C1. The fourth-order valence-corrected chi connectivity index (χ4v) is 3.55. The van der Waals surface area contributed by atoms with E-state index in [2.05, 4.69) is 22.0 Å². The van der Waals surface area contributed by atoms with Crippen molar-refractivity contribution in [2.24, 2.45) is 5.92 Å². The number of anilines is 1. The van der Waals surface area contributed by atoms with Crippen LogP contribution >= 0.6 is 11.6 Å². The van der Waals surface area contributed by atoms with E-state index in [1.165, 1.54) is 0 Å². The van der Waals surface area contributed by atoms with Crippen molar-refractivity contribution in [1.29, 1.82) is 0 Å². The van der Waals surface area contributed by atoms with Crippen molar-refractivity contribution in [2.75, 3.05) is 31.1 Å². The van der Waals surface area contributed by atoms with Crippen LogP contribution < -0.4 is 4.90 Å². The number of hydrogen-bond acceptors (Lipinski definition) is 5. The minimum atomic E-state index is -0.189. The summed E-state index contributed by atoms with van der Waals surface area (Å²) in [4.78, 5) is 16.3. The molecule has 0 N–H and O–H groups in total. The molecule has 2 unspecified atom stereocenters. The molecule has 1 aromatic rings. The number of ether oxygens (including phenoxy) is 1. The van der Waals surface area contributed by atoms with Gasteiger partial charge in [0.15, 0.2) is 11.0 Å². The molecule has 2 aliphatic rings. The molecule has 126 valence electrons. The highest BCUT2D eigenvalue weighted by Gasteiger charge is 2.40. The van der Waals surface area contributed by atoms with Gasteiger partial charge in [-0.3, -0.25) is 0 Å². The third-order valence-electron chi connectivity index (χ3n) is 4.76. The maximum absolute atomic E-state index is 12.2. The van der Waals surface area contributed by atoms with Crippen molar-refractivity contribution in [2.45, 2.75) is 38.6 Å². The molecule has 2 aliphatic heterocycles. The number of amides is 1. The maximum atomic E-state index is 12.2. The molecular weight excluding hydrogens is 316 g/mol. The van der Waals surface area contributed by atoms with Crippen molar-refractivity contribution >= 4 is 23.5 Å². The molecule has 0 saturated carbocycles. The topological polar surface area (TPSA) is 58.6 Å². The van der Waals surface area contributed by atoms with Gasteiger partial charge in [-0.2, -0.15) is 0 Å². The molecule has 2 atom stereocenters. The number of likely N-dealkylation sites (tertiary alicyclic amines) is 1. The second kappa shape index (κ2) is 7.34. The Morgan fingerprint density at radius 1 is 1.35 bits per heavy atom. The van der Waals surface area contributed by atoms with Crippen LogP contribution in [0.15, 0.2) is 12.1 Å². The zero-order chi connectivity index (χ0) is 16.2. The molecule has 0 aromatic carbocycles. The average molecular weight is 339 g/mol. The molecule has 0 spiro atoms. The summed E-state index contributed by atoms with van der Waals surface area (Å²) in [5.74, 6) is 1.44. The van der Waals surface area contributed by atoms with Crippen LogP contribution in [0.1, 0.15) is 32.6 Å². The highest BCUT2D eigenvalue weighted by Crippen LogP contribution is 2.34. The molecule has 0 aliphatic carbocycles. The Balaban J connectivity index is 1.64. The number of piperidine rings is 1. The first-order chi connectivity index (χ1) is 11.2. The third kappa shape index (κ3) is 3.68. The minimum absolute atomic E-state index is 0.189. The van der Waals surface area contributed by atoms with Gasteiger partial charge in [-0.05, 0) is 37.3 Å². The Labute approximate surface area is 141 Å². The van der Waals surface area contributed by atoms with Crippen molar-refractivity contribution in [3.05, 3.63) is 17.3 Å². The Morgan fingerprint density at radius 3 is 2.91 bits per heavy atom. The number of carbonyl (C=O) groups is 1. The van der Waals surface area contributed by atoms with Gasteiger partial charge in [-0.1, -0.05) is 24.9 Å². The van der Waals surface area contributed by atoms with E-state index in [-0.39, 0.29) is 12.1 Å². The van der Waals surface area contributed by atoms with E-state index in [1.807, 2.05) is 11.0 Å². The molecule has 0 radical (unpaired) electrons. The van der Waals surface area contributed by atoms with Crippen LogP contribution in [0.2, 0.25) is 5.15 Å². The van der Waals surface area contributed by atoms with E-state index in [1.54, 1.807) is 6.07 Å². The number of rotatable bonds is 4. The van der Waals surface area contributed by atoms with Crippen LogP contribution in [-0.2, 0) is 4.74 Å². The monoisotopic (exact) mass is 338 g/mol. The zero-order valence-corrected chi connectivity index (χ0v) is 14.2. The summed E-state index contributed by atoms with van der Waals surface area (Å²) in [5, 5.41) is 8.52. The second-order valence-electron chi connectivity index (χ2n) is 6.23. The highest BCUT2D eigenvalue weighted by molar-refractivity contribution is 6.29. The van der Waals surface area contributed by atoms with Crippen LogP contribution in [0, 0.1) is 5.92 Å². The lowest BCUT2D eigenvalue weighted by Crippen LogP contribution is -2.50. The second-order valence-corrected chi connectivity index (χ2v) is 6.61. The Bertz CT molecular complexity index is 539. The first-order valence-electron chi connectivity index (χ1n) is 8.36. The van der Waals surface area contributed by atoms with E-state index in [4.69, 9.17) is 16.3 Å². The van der Waals surface area contributed by atoms with Gasteiger partial charge in [0.2, 0.25) is 0 Å². The van der Waals surface area contributed by atoms with Crippen molar-refractivity contribution in [3.8, 4) is 0 Å². The summed E-state index contributed by atoms with van der Waals surface area (Å²) >= 11 is 5.82. The standard InChI is InChI=1S/C16H23ClN4O2/c1-2-3-10-23-16(22)20-8-6-12-7-9-21(13(12)11-20)15-5-4-14(17)18-19-15/h4-5,12-13H,2-3,6-11H2,1H3. The summed E-state index contributed by atoms with van der Waals surface area (Å²) in [5.41, 5.74) is 0. The average Bonchev–Trinajstić information content (AvgIpc) is 2.99. The summed E-state index contributed by atoms with van der Waals surface area (Å²) in [6.45, 7) is 5.02. The highest BCUT2D eigenvalue weighted by atomic mass is 35.5. The van der Waals surface area contributed by atoms with Gasteiger partial charge in [-0.15, -0.1) is 10.2 Å². The van der Waals surface area contributed by atoms with Gasteiger partial charge < -0.3 is 14.5 Å². The van der Waals surface area contributed by atoms with Gasteiger partial charge in [0.05, 0.1) is 12.6 Å². The summed E-state index contributed by atoms with van der Waals surface area (Å²) in [6, 6.07) is 3.95. The van der Waals surface area contributed by atoms with Crippen molar-refractivity contribution < 1.29 is 9.53 Å². The van der Waals surface area contributed by atoms with Crippen molar-refractivity contribution in [1.82, 2.24) is 15.1 Å². The molecule has 1 aromatic heterocycles. The number of halogens is 1. The molecule has 7 heteroatoms. The van der Waals surface area contributed by atoms with Crippen LogP contribution in [0.3, 0.4) is 0 Å². The summed E-state index contributed by atoms with van der Waals surface area (Å²) in [7, 11) is 0. The van der Waals surface area contributed by atoms with Crippen molar-refractivity contribution in [3.63, 3.8) is 0 Å². The van der Waals surface area contributed by atoms with Crippen LogP contribution in [0.4, 0.5) is 10.6 Å². The van der Waals surface area contributed by atoms with E-state index in [0.29, 0.717) is 24.2 Å². The van der Waals surface area contributed by atoms with E-state index in [9.17, 15) is 4.79 Å². The first-order valence-corrected chi connectivity index (χ1v) is 8.74. The van der Waals surface area contributed by atoms with Crippen LogP contribution in [0.25, 0.3) is 0 Å². The van der Waals surface area contributed by atoms with Gasteiger partial charge in [-0.25, -0.2) is 4.79 Å². The number of fused-ring (bicyclic) bond motifs is 1. The smallest absolute Gasteiger partial charge is 0.409 e. The minimum Gasteiger partial charge on any atom is -0.449 e. The quantitative estimate of drug-likeness (QED) is 0.790. The van der Waals surface area contributed by atoms with Gasteiger partial charge in [0.1, 0.15) is 0 Å². The van der Waals surface area contributed by atoms with E-state index < -0.39 is 0 Å². The number of unbranched alkanes of at least 4 members (excludes halogenated alkanes) is 1. The zero-order valence-electron chi connectivity index (χ0n) is 13.4. The maximum Gasteiger partial charge on any atom is 0.409 e. The Kier molecular flexibility index (Phi) is 5.20. The van der Waals surface area contributed by atoms with Gasteiger partial charge >= 0.3 is 6.09 Å². The molecule has 2 fully saturated rings. The van der Waals surface area contributed by atoms with Crippen LogP contribution in [-0.4, -0.2) is 53.5 Å². The molecule has 1 amide bonds. The Hall–Kier alpha value is -1.56. The lowest BCUT2D eigenvalue weighted by molar-refractivity contribution is 0.0843. The summed E-state index contributed by atoms with van der Waals surface area (Å²) in [6.07, 6.45) is 3.91. The predicted octanol–water partition coefficient (Wildman–Crippen LogP) is 2.97. The third-order valence-corrected chi connectivity index (χ3v) is 4.96. The van der Waals surface area contributed by atoms with Crippen LogP contribution in [0.5, 0.6) is 0 Å². The van der Waals surface area contributed by atoms with E-state index in [0.717, 1.165) is 44.6 Å². The molecule has 6 nitrogen and oxygen atoms in total. The molecular formula is C16H23ClN4O2. The number of carbonyl (C=O) groups excluding carboxylic acids is 1. The molecule has 23 heavy (non-hydrogen) atoms. The molecule has 3 heterocycles. The Morgan fingerprint density at radius 2 is 2.17 bits per heavy atom. The normalized spacial score (nSPS) is 23.7. The first kappa shape index (κ1) is 16.3. The van der Waals surface area contributed by atoms with E-state index >= 15 is 0 Å².